The normalized spacial score (nSPS) is 21.2. The molecule has 2 aliphatic rings. The van der Waals surface area contributed by atoms with Gasteiger partial charge in [-0.25, -0.2) is 12.8 Å². The molecule has 1 N–H and O–H groups in total. The van der Waals surface area contributed by atoms with Gasteiger partial charge >= 0.3 is 0 Å². The number of halogens is 1. The average molecular weight is 450 g/mol. The van der Waals surface area contributed by atoms with Crippen LogP contribution in [0.25, 0.3) is 0 Å². The van der Waals surface area contributed by atoms with Crippen LogP contribution in [0.2, 0.25) is 0 Å². The van der Waals surface area contributed by atoms with Crippen molar-refractivity contribution in [3.8, 4) is 0 Å². The second-order valence-electron chi connectivity index (χ2n) is 8.00. The topological polar surface area (TPSA) is 81.4 Å². The number of hydrogen-bond acceptors (Lipinski definition) is 6. The molecule has 0 aliphatic carbocycles. The first-order valence-corrected chi connectivity index (χ1v) is 11.9. The Hall–Kier alpha value is -2.43. The predicted octanol–water partition coefficient (Wildman–Crippen LogP) is 1.95. The fourth-order valence-electron chi connectivity index (χ4n) is 4.35. The van der Waals surface area contributed by atoms with E-state index >= 15 is 0 Å². The summed E-state index contributed by atoms with van der Waals surface area (Å²) in [6.45, 7) is 5.02. The standard InChI is InChI=1S/C21H28FN5O3S/c1-24-11-8-20-21(24)19(23-28)7-12-27(31(20,29)30)10-2-9-25-13-15-26(16-14-25)18-5-3-17(22)4-6-18/h3-6,8,11,28H,2,7,9-10,12-16H2,1H3. The van der Waals surface area contributed by atoms with E-state index in [-0.39, 0.29) is 10.7 Å². The summed E-state index contributed by atoms with van der Waals surface area (Å²) in [6, 6.07) is 8.14. The van der Waals surface area contributed by atoms with Gasteiger partial charge < -0.3 is 14.7 Å². The first-order chi connectivity index (χ1) is 14.9. The van der Waals surface area contributed by atoms with E-state index in [0.29, 0.717) is 30.9 Å². The van der Waals surface area contributed by atoms with Gasteiger partial charge in [0.15, 0.2) is 0 Å². The van der Waals surface area contributed by atoms with Crippen LogP contribution in [0.5, 0.6) is 0 Å². The smallest absolute Gasteiger partial charge is 0.245 e. The van der Waals surface area contributed by atoms with E-state index < -0.39 is 10.0 Å². The fourth-order valence-corrected chi connectivity index (χ4v) is 6.07. The van der Waals surface area contributed by atoms with Gasteiger partial charge in [-0.2, -0.15) is 4.31 Å². The molecule has 0 amide bonds. The van der Waals surface area contributed by atoms with Crippen molar-refractivity contribution in [3.63, 3.8) is 0 Å². The Balaban J connectivity index is 1.32. The van der Waals surface area contributed by atoms with Gasteiger partial charge in [-0.05, 0) is 43.3 Å². The molecule has 2 aromatic rings. The Morgan fingerprint density at radius 3 is 2.42 bits per heavy atom. The van der Waals surface area contributed by atoms with Crippen molar-refractivity contribution in [2.45, 2.75) is 17.7 Å². The number of piperazine rings is 1. The van der Waals surface area contributed by atoms with Crippen LogP contribution in [-0.4, -0.2) is 78.9 Å². The van der Waals surface area contributed by atoms with E-state index in [1.165, 1.54) is 16.4 Å². The molecular formula is C21H28FN5O3S. The molecule has 1 fully saturated rings. The van der Waals surface area contributed by atoms with E-state index in [0.717, 1.165) is 44.8 Å². The fraction of sp³-hybridized carbons (Fsp3) is 0.476. The van der Waals surface area contributed by atoms with Crippen molar-refractivity contribution in [3.05, 3.63) is 48.0 Å². The van der Waals surface area contributed by atoms with Crippen molar-refractivity contribution in [2.75, 3.05) is 50.7 Å². The molecule has 0 spiro atoms. The number of benzene rings is 1. The van der Waals surface area contributed by atoms with E-state index in [4.69, 9.17) is 0 Å². The third kappa shape index (κ3) is 4.46. The summed E-state index contributed by atoms with van der Waals surface area (Å²) in [5.74, 6) is -0.231. The minimum atomic E-state index is -3.63. The Morgan fingerprint density at radius 1 is 1.03 bits per heavy atom. The molecule has 168 valence electrons. The van der Waals surface area contributed by atoms with Crippen molar-refractivity contribution in [1.29, 1.82) is 0 Å². The van der Waals surface area contributed by atoms with Gasteiger partial charge in [-0.1, -0.05) is 5.16 Å². The molecular weight excluding hydrogens is 421 g/mol. The summed E-state index contributed by atoms with van der Waals surface area (Å²) in [5, 5.41) is 12.7. The highest BCUT2D eigenvalue weighted by Gasteiger charge is 2.34. The second-order valence-corrected chi connectivity index (χ2v) is 9.91. The zero-order valence-corrected chi connectivity index (χ0v) is 18.4. The van der Waals surface area contributed by atoms with Crippen molar-refractivity contribution >= 4 is 21.4 Å². The highest BCUT2D eigenvalue weighted by atomic mass is 32.2. The quantitative estimate of drug-likeness (QED) is 0.558. The second kappa shape index (κ2) is 8.97. The number of aryl methyl sites for hydroxylation is 1. The molecule has 2 aliphatic heterocycles. The molecule has 0 saturated carbocycles. The minimum absolute atomic E-state index is 0.202. The number of fused-ring (bicyclic) bond motifs is 1. The first-order valence-electron chi connectivity index (χ1n) is 10.5. The molecule has 10 heteroatoms. The van der Waals surface area contributed by atoms with Crippen LogP contribution in [0.15, 0.2) is 46.6 Å². The highest BCUT2D eigenvalue weighted by Crippen LogP contribution is 2.27. The number of aromatic nitrogens is 1. The predicted molar refractivity (Wildman–Crippen MR) is 117 cm³/mol. The van der Waals surface area contributed by atoms with Crippen molar-refractivity contribution < 1.29 is 18.0 Å². The molecule has 0 unspecified atom stereocenters. The van der Waals surface area contributed by atoms with Crippen LogP contribution in [0.1, 0.15) is 18.5 Å². The van der Waals surface area contributed by atoms with Gasteiger partial charge in [-0.3, -0.25) is 4.90 Å². The van der Waals surface area contributed by atoms with Gasteiger partial charge in [0.25, 0.3) is 0 Å². The molecule has 8 nitrogen and oxygen atoms in total. The lowest BCUT2D eigenvalue weighted by Gasteiger charge is -2.36. The molecule has 1 aromatic carbocycles. The lowest BCUT2D eigenvalue weighted by Crippen LogP contribution is -2.47. The Labute approximate surface area is 182 Å². The van der Waals surface area contributed by atoms with Crippen LogP contribution in [-0.2, 0) is 17.1 Å². The molecule has 1 saturated heterocycles. The monoisotopic (exact) mass is 449 g/mol. The van der Waals surface area contributed by atoms with Gasteiger partial charge in [0.05, 0.1) is 5.69 Å². The number of nitrogens with zero attached hydrogens (tertiary/aromatic N) is 5. The lowest BCUT2D eigenvalue weighted by molar-refractivity contribution is 0.246. The van der Waals surface area contributed by atoms with Crippen LogP contribution >= 0.6 is 0 Å². The van der Waals surface area contributed by atoms with Crippen LogP contribution in [0, 0.1) is 5.82 Å². The Bertz CT molecular complexity index is 1040. The highest BCUT2D eigenvalue weighted by molar-refractivity contribution is 7.89. The number of hydrogen-bond donors (Lipinski definition) is 1. The zero-order valence-electron chi connectivity index (χ0n) is 17.6. The first kappa shape index (κ1) is 21.8. The van der Waals surface area contributed by atoms with Crippen LogP contribution in [0.4, 0.5) is 10.1 Å². The molecule has 0 bridgehead atoms. The number of anilines is 1. The number of rotatable bonds is 5. The molecule has 0 atom stereocenters. The third-order valence-electron chi connectivity index (χ3n) is 6.09. The van der Waals surface area contributed by atoms with E-state index in [9.17, 15) is 18.0 Å². The van der Waals surface area contributed by atoms with Crippen LogP contribution < -0.4 is 4.90 Å². The maximum atomic E-state index is 13.1. The van der Waals surface area contributed by atoms with Gasteiger partial charge in [-0.15, -0.1) is 0 Å². The third-order valence-corrected chi connectivity index (χ3v) is 8.02. The van der Waals surface area contributed by atoms with E-state index in [2.05, 4.69) is 15.0 Å². The summed E-state index contributed by atoms with van der Waals surface area (Å²) in [4.78, 5) is 4.77. The summed E-state index contributed by atoms with van der Waals surface area (Å²) < 4.78 is 42.6. The molecule has 31 heavy (non-hydrogen) atoms. The Kier molecular flexibility index (Phi) is 6.31. The van der Waals surface area contributed by atoms with Crippen LogP contribution in [0.3, 0.4) is 0 Å². The SMILES string of the molecule is Cn1ccc2c1C(=NO)CCN(CCCN1CCN(c3ccc(F)cc3)CC1)S2(=O)=O. The zero-order chi connectivity index (χ0) is 22.0. The summed E-state index contributed by atoms with van der Waals surface area (Å²) in [7, 11) is -1.88. The molecule has 1 aromatic heterocycles. The summed E-state index contributed by atoms with van der Waals surface area (Å²) in [5.41, 5.74) is 1.88. The molecule has 4 rings (SSSR count). The Morgan fingerprint density at radius 2 is 1.74 bits per heavy atom. The minimum Gasteiger partial charge on any atom is -0.411 e. The van der Waals surface area contributed by atoms with Gasteiger partial charge in [0, 0.05) is 64.6 Å². The van der Waals surface area contributed by atoms with Crippen molar-refractivity contribution in [1.82, 2.24) is 13.8 Å². The molecule has 3 heterocycles. The van der Waals surface area contributed by atoms with Gasteiger partial charge in [0.2, 0.25) is 10.0 Å². The largest absolute Gasteiger partial charge is 0.411 e. The number of sulfonamides is 1. The molecule has 0 radical (unpaired) electrons. The average Bonchev–Trinajstić information content (AvgIpc) is 3.11. The van der Waals surface area contributed by atoms with E-state index in [1.54, 1.807) is 36.0 Å². The lowest BCUT2D eigenvalue weighted by atomic mass is 10.2. The van der Waals surface area contributed by atoms with Crippen molar-refractivity contribution in [2.24, 2.45) is 12.2 Å². The van der Waals surface area contributed by atoms with E-state index in [1.807, 2.05) is 0 Å². The summed E-state index contributed by atoms with van der Waals surface area (Å²) >= 11 is 0. The maximum Gasteiger partial charge on any atom is 0.245 e. The van der Waals surface area contributed by atoms with Gasteiger partial charge in [0.1, 0.15) is 16.4 Å². The summed E-state index contributed by atoms with van der Waals surface area (Å²) in [6.07, 6.45) is 2.78. The number of oxime groups is 1. The maximum absolute atomic E-state index is 13.1.